The van der Waals surface area contributed by atoms with E-state index < -0.39 is 35.1 Å². The molecule has 1 aromatic heterocycles. The standard InChI is InChI=1S/C23H14Cl2F2N2O4/c1-33-22-13(24)8-11(9-14(22)25)20(30)18-19(17-4-2-3-7-28-17)29(23(32)21(18)31)12-5-6-15(26)16(27)10-12/h2-10,19,30H,1H3/b20-18+. The number of Topliss-reactive ketones (excluding diaryl/α,β-unsaturated/α-hetero) is 1. The van der Waals surface area contributed by atoms with Gasteiger partial charge in [-0.2, -0.15) is 0 Å². The van der Waals surface area contributed by atoms with Gasteiger partial charge in [-0.05, 0) is 36.4 Å². The number of halogens is 4. The lowest BCUT2D eigenvalue weighted by Gasteiger charge is -2.24. The van der Waals surface area contributed by atoms with Gasteiger partial charge in [0, 0.05) is 23.5 Å². The molecule has 1 unspecified atom stereocenters. The zero-order chi connectivity index (χ0) is 23.9. The Hall–Kier alpha value is -3.49. The highest BCUT2D eigenvalue weighted by Crippen LogP contribution is 2.43. The summed E-state index contributed by atoms with van der Waals surface area (Å²) in [6.45, 7) is 0. The molecule has 0 bridgehead atoms. The quantitative estimate of drug-likeness (QED) is 0.305. The first-order chi connectivity index (χ1) is 15.7. The maximum atomic E-state index is 14.0. The van der Waals surface area contributed by atoms with Gasteiger partial charge in [0.05, 0.1) is 28.4 Å². The van der Waals surface area contributed by atoms with Crippen molar-refractivity contribution in [1.82, 2.24) is 4.98 Å². The minimum atomic E-state index is -1.23. The Morgan fingerprint density at radius 2 is 1.76 bits per heavy atom. The van der Waals surface area contributed by atoms with Crippen molar-refractivity contribution in [3.05, 3.63) is 93.2 Å². The summed E-state index contributed by atoms with van der Waals surface area (Å²) in [5.74, 6) is -4.83. The fourth-order valence-corrected chi connectivity index (χ4v) is 4.24. The van der Waals surface area contributed by atoms with Crippen molar-refractivity contribution in [2.45, 2.75) is 6.04 Å². The lowest BCUT2D eigenvalue weighted by atomic mass is 9.98. The van der Waals surface area contributed by atoms with Gasteiger partial charge in [-0.25, -0.2) is 8.78 Å². The third kappa shape index (κ3) is 3.92. The molecule has 0 saturated carbocycles. The van der Waals surface area contributed by atoms with Gasteiger partial charge in [-0.1, -0.05) is 29.3 Å². The van der Waals surface area contributed by atoms with Crippen LogP contribution in [0.1, 0.15) is 17.3 Å². The van der Waals surface area contributed by atoms with Crippen LogP contribution in [0.2, 0.25) is 10.0 Å². The topological polar surface area (TPSA) is 79.7 Å². The molecule has 3 aromatic rings. The number of carbonyl (C=O) groups is 2. The molecule has 6 nitrogen and oxygen atoms in total. The molecule has 1 N–H and O–H groups in total. The summed E-state index contributed by atoms with van der Waals surface area (Å²) >= 11 is 12.3. The monoisotopic (exact) mass is 490 g/mol. The van der Waals surface area contributed by atoms with Gasteiger partial charge >= 0.3 is 0 Å². The van der Waals surface area contributed by atoms with Gasteiger partial charge in [0.25, 0.3) is 11.7 Å². The predicted molar refractivity (Wildman–Crippen MR) is 118 cm³/mol. The lowest BCUT2D eigenvalue weighted by molar-refractivity contribution is -0.132. The summed E-state index contributed by atoms with van der Waals surface area (Å²) in [4.78, 5) is 31.2. The number of carbonyl (C=O) groups excluding carboxylic acids is 2. The van der Waals surface area contributed by atoms with E-state index in [4.69, 9.17) is 27.9 Å². The fourth-order valence-electron chi connectivity index (χ4n) is 3.60. The summed E-state index contributed by atoms with van der Waals surface area (Å²) in [5, 5.41) is 11.2. The molecule has 1 amide bonds. The number of hydrogen-bond acceptors (Lipinski definition) is 5. The third-order valence-corrected chi connectivity index (χ3v) is 5.63. The summed E-state index contributed by atoms with van der Waals surface area (Å²) < 4.78 is 32.5. The van der Waals surface area contributed by atoms with E-state index in [1.807, 2.05) is 0 Å². The Balaban J connectivity index is 1.96. The Morgan fingerprint density at radius 1 is 1.06 bits per heavy atom. The number of nitrogens with zero attached hydrogens (tertiary/aromatic N) is 2. The van der Waals surface area contributed by atoms with Gasteiger partial charge in [-0.15, -0.1) is 0 Å². The molecule has 0 spiro atoms. The van der Waals surface area contributed by atoms with E-state index in [-0.39, 0.29) is 38.3 Å². The third-order valence-electron chi connectivity index (χ3n) is 5.07. The van der Waals surface area contributed by atoms with E-state index in [0.29, 0.717) is 0 Å². The van der Waals surface area contributed by atoms with Crippen LogP contribution < -0.4 is 9.64 Å². The number of amides is 1. The minimum absolute atomic E-state index is 0.0509. The first-order valence-electron chi connectivity index (χ1n) is 9.45. The highest BCUT2D eigenvalue weighted by molar-refractivity contribution is 6.51. The highest BCUT2D eigenvalue weighted by atomic mass is 35.5. The van der Waals surface area contributed by atoms with E-state index in [1.54, 1.807) is 12.1 Å². The number of aliphatic hydroxyl groups excluding tert-OH is 1. The Kier molecular flexibility index (Phi) is 6.05. The van der Waals surface area contributed by atoms with Gasteiger partial charge < -0.3 is 9.84 Å². The van der Waals surface area contributed by atoms with Crippen LogP contribution in [-0.2, 0) is 9.59 Å². The second-order valence-electron chi connectivity index (χ2n) is 7.00. The normalized spacial score (nSPS) is 17.5. The van der Waals surface area contributed by atoms with Crippen LogP contribution in [0.15, 0.2) is 60.3 Å². The average Bonchev–Trinajstić information content (AvgIpc) is 3.06. The second kappa shape index (κ2) is 8.80. The van der Waals surface area contributed by atoms with Crippen LogP contribution in [0.25, 0.3) is 5.76 Å². The number of aliphatic hydroxyl groups is 1. The predicted octanol–water partition coefficient (Wildman–Crippen LogP) is 5.30. The van der Waals surface area contributed by atoms with Gasteiger partial charge in [0.15, 0.2) is 17.4 Å². The van der Waals surface area contributed by atoms with Gasteiger partial charge in [0.1, 0.15) is 11.8 Å². The number of aromatic nitrogens is 1. The van der Waals surface area contributed by atoms with E-state index >= 15 is 0 Å². The summed E-state index contributed by atoms with van der Waals surface area (Å²) in [6.07, 6.45) is 1.43. The number of hydrogen-bond donors (Lipinski definition) is 1. The molecule has 0 radical (unpaired) electrons. The van der Waals surface area contributed by atoms with Crippen LogP contribution in [0.5, 0.6) is 5.75 Å². The van der Waals surface area contributed by atoms with E-state index in [9.17, 15) is 23.5 Å². The van der Waals surface area contributed by atoms with E-state index in [1.165, 1.54) is 31.5 Å². The first-order valence-corrected chi connectivity index (χ1v) is 10.2. The zero-order valence-corrected chi connectivity index (χ0v) is 18.4. The lowest BCUT2D eigenvalue weighted by Crippen LogP contribution is -2.30. The molecule has 10 heteroatoms. The van der Waals surface area contributed by atoms with E-state index in [2.05, 4.69) is 4.98 Å². The average molecular weight is 491 g/mol. The van der Waals surface area contributed by atoms with Crippen molar-refractivity contribution in [2.24, 2.45) is 0 Å². The van der Waals surface area contributed by atoms with Crippen LogP contribution in [-0.4, -0.2) is 28.9 Å². The molecule has 1 aliphatic heterocycles. The zero-order valence-electron chi connectivity index (χ0n) is 16.9. The highest BCUT2D eigenvalue weighted by Gasteiger charge is 2.47. The summed E-state index contributed by atoms with van der Waals surface area (Å²) in [6, 6.07) is 8.97. The molecular weight excluding hydrogens is 477 g/mol. The number of ketones is 1. The number of methoxy groups -OCH3 is 1. The molecule has 2 aromatic carbocycles. The Labute approximate surface area is 196 Å². The van der Waals surface area contributed by atoms with Crippen LogP contribution in [0.4, 0.5) is 14.5 Å². The van der Waals surface area contributed by atoms with Gasteiger partial charge in [-0.3, -0.25) is 19.5 Å². The maximum Gasteiger partial charge on any atom is 0.300 e. The number of benzene rings is 2. The molecule has 1 atom stereocenters. The Morgan fingerprint density at radius 3 is 2.33 bits per heavy atom. The largest absolute Gasteiger partial charge is 0.507 e. The van der Waals surface area contributed by atoms with Crippen molar-refractivity contribution in [2.75, 3.05) is 12.0 Å². The van der Waals surface area contributed by atoms with Crippen molar-refractivity contribution in [3.63, 3.8) is 0 Å². The molecule has 2 heterocycles. The van der Waals surface area contributed by atoms with Crippen molar-refractivity contribution in [1.29, 1.82) is 0 Å². The fraction of sp³-hybridized carbons (Fsp3) is 0.0870. The van der Waals surface area contributed by atoms with Crippen molar-refractivity contribution < 1.29 is 28.2 Å². The molecular formula is C23H14Cl2F2N2O4. The van der Waals surface area contributed by atoms with Crippen LogP contribution in [0.3, 0.4) is 0 Å². The second-order valence-corrected chi connectivity index (χ2v) is 7.81. The van der Waals surface area contributed by atoms with Crippen molar-refractivity contribution in [3.8, 4) is 5.75 Å². The Bertz CT molecular complexity index is 1290. The van der Waals surface area contributed by atoms with Crippen LogP contribution >= 0.6 is 23.2 Å². The number of anilines is 1. The van der Waals surface area contributed by atoms with Crippen molar-refractivity contribution >= 4 is 46.3 Å². The smallest absolute Gasteiger partial charge is 0.300 e. The molecule has 33 heavy (non-hydrogen) atoms. The molecule has 168 valence electrons. The molecule has 0 aliphatic carbocycles. The maximum absolute atomic E-state index is 14.0. The number of pyridine rings is 1. The molecule has 1 aliphatic rings. The molecule has 1 saturated heterocycles. The first kappa shape index (κ1) is 22.7. The number of ether oxygens (including phenoxy) is 1. The van der Waals surface area contributed by atoms with E-state index in [0.717, 1.165) is 23.1 Å². The minimum Gasteiger partial charge on any atom is -0.507 e. The van der Waals surface area contributed by atoms with Gasteiger partial charge in [0.2, 0.25) is 0 Å². The summed E-state index contributed by atoms with van der Waals surface area (Å²) in [7, 11) is 1.36. The number of rotatable bonds is 4. The summed E-state index contributed by atoms with van der Waals surface area (Å²) in [5.41, 5.74) is -0.138. The molecule has 1 fully saturated rings. The SMILES string of the molecule is COc1c(Cl)cc(/C(O)=C2\C(=O)C(=O)N(c3ccc(F)c(F)c3)C2c2ccccn2)cc1Cl. The molecule has 4 rings (SSSR count). The van der Waals surface area contributed by atoms with Crippen LogP contribution in [0, 0.1) is 11.6 Å².